The van der Waals surface area contributed by atoms with Crippen molar-refractivity contribution in [3.63, 3.8) is 0 Å². The Kier molecular flexibility index (Phi) is 13.7. The van der Waals surface area contributed by atoms with Crippen LogP contribution in [0.4, 0.5) is 0 Å². The lowest BCUT2D eigenvalue weighted by Crippen LogP contribution is -2.31. The summed E-state index contributed by atoms with van der Waals surface area (Å²) in [6.07, 6.45) is 3.53. The molecule has 0 aliphatic carbocycles. The van der Waals surface area contributed by atoms with E-state index in [9.17, 15) is 14.7 Å². The molecule has 1 saturated heterocycles. The van der Waals surface area contributed by atoms with Gasteiger partial charge in [-0.1, -0.05) is 97.8 Å². The Hall–Kier alpha value is -4.15. The van der Waals surface area contributed by atoms with Crippen LogP contribution in [0.25, 0.3) is 11.1 Å². The molecule has 1 amide bonds. The topological polar surface area (TPSA) is 114 Å². The highest BCUT2D eigenvalue weighted by molar-refractivity contribution is 7.99. The number of methoxy groups -OCH3 is 1. The van der Waals surface area contributed by atoms with E-state index >= 15 is 0 Å². The number of benzene rings is 4. The van der Waals surface area contributed by atoms with Crippen molar-refractivity contribution in [2.45, 2.75) is 81.5 Å². The minimum absolute atomic E-state index is 0.00482. The van der Waals surface area contributed by atoms with Crippen molar-refractivity contribution in [1.29, 1.82) is 0 Å². The first-order chi connectivity index (χ1) is 23.9. The van der Waals surface area contributed by atoms with E-state index in [1.165, 1.54) is 0 Å². The average molecular weight is 684 g/mol. The molecular formula is C40H45NO7S. The summed E-state index contributed by atoms with van der Waals surface area (Å²) in [4.78, 5) is 24.2. The van der Waals surface area contributed by atoms with E-state index in [1.54, 1.807) is 18.9 Å². The lowest BCUT2D eigenvalue weighted by molar-refractivity contribution is -0.245. The zero-order chi connectivity index (χ0) is 34.4. The molecule has 4 aromatic carbocycles. The first-order valence-electron chi connectivity index (χ1n) is 16.9. The van der Waals surface area contributed by atoms with Gasteiger partial charge < -0.3 is 29.7 Å². The molecule has 1 heterocycles. The fourth-order valence-electron chi connectivity index (χ4n) is 5.92. The van der Waals surface area contributed by atoms with Crippen LogP contribution in [0.2, 0.25) is 0 Å². The molecule has 1 aliphatic heterocycles. The monoisotopic (exact) mass is 683 g/mol. The average Bonchev–Trinajstić information content (AvgIpc) is 3.14. The Balaban J connectivity index is 1.24. The lowest BCUT2D eigenvalue weighted by atomic mass is 9.97. The summed E-state index contributed by atoms with van der Waals surface area (Å²) >= 11 is 1.71. The van der Waals surface area contributed by atoms with Gasteiger partial charge in [-0.15, -0.1) is 11.8 Å². The molecule has 0 radical (unpaired) electrons. The summed E-state index contributed by atoms with van der Waals surface area (Å²) in [7, 11) is 1.68. The van der Waals surface area contributed by atoms with Crippen molar-refractivity contribution in [3.8, 4) is 16.9 Å². The first kappa shape index (κ1) is 36.1. The van der Waals surface area contributed by atoms with E-state index < -0.39 is 12.3 Å². The Labute approximate surface area is 292 Å². The van der Waals surface area contributed by atoms with Crippen molar-refractivity contribution in [2.75, 3.05) is 12.9 Å². The van der Waals surface area contributed by atoms with E-state index in [4.69, 9.17) is 19.3 Å². The second-order valence-corrected chi connectivity index (χ2v) is 13.2. The molecule has 3 N–H and O–H groups in total. The van der Waals surface area contributed by atoms with Crippen LogP contribution in [-0.2, 0) is 32.2 Å². The second kappa shape index (κ2) is 18.6. The quantitative estimate of drug-likeness (QED) is 0.0754. The van der Waals surface area contributed by atoms with Gasteiger partial charge in [0.1, 0.15) is 5.75 Å². The summed E-state index contributed by atoms with van der Waals surface area (Å²) in [6.45, 7) is 0.419. The maximum absolute atomic E-state index is 12.5. The number of hydrogen-bond donors (Lipinski definition) is 3. The molecular weight excluding hydrogens is 639 g/mol. The van der Waals surface area contributed by atoms with Gasteiger partial charge in [-0.05, 0) is 52.8 Å². The molecule has 0 bridgehead atoms. The Morgan fingerprint density at radius 1 is 0.837 bits per heavy atom. The molecule has 0 saturated carbocycles. The Morgan fingerprint density at radius 3 is 2.27 bits per heavy atom. The molecule has 0 spiro atoms. The molecule has 5 rings (SSSR count). The van der Waals surface area contributed by atoms with Crippen molar-refractivity contribution < 1.29 is 34.0 Å². The van der Waals surface area contributed by atoms with Crippen molar-refractivity contribution in [2.24, 2.45) is 0 Å². The zero-order valence-electron chi connectivity index (χ0n) is 27.9. The van der Waals surface area contributed by atoms with E-state index in [-0.39, 0.29) is 31.1 Å². The molecule has 9 heteroatoms. The standard InChI is InChI=1S/C40H45NO7S/c1-46-35-12-8-9-13-37(35)49-27-33-24-36(30-18-16-28(26-42)17-19-30)48-40(47-33)31-22-20-29(21-23-31)34-11-7-6-10-32(34)25-41-38(43)14-4-2-3-5-15-39(44)45/h6-13,16-23,33,36,40,42H,2-5,14-15,24-27H2,1H3,(H,41,43)(H,44,45)/t33-,36+,40+/m0/s1. The number of carbonyl (C=O) groups is 2. The van der Waals surface area contributed by atoms with Gasteiger partial charge in [-0.2, -0.15) is 0 Å². The highest BCUT2D eigenvalue weighted by Gasteiger charge is 2.32. The molecule has 1 aliphatic rings. The van der Waals surface area contributed by atoms with Crippen LogP contribution in [0.1, 0.15) is 79.6 Å². The molecule has 0 aromatic heterocycles. The van der Waals surface area contributed by atoms with Crippen molar-refractivity contribution in [3.05, 3.63) is 119 Å². The maximum atomic E-state index is 12.5. The largest absolute Gasteiger partial charge is 0.496 e. The van der Waals surface area contributed by atoms with Gasteiger partial charge in [-0.25, -0.2) is 0 Å². The van der Waals surface area contributed by atoms with Gasteiger partial charge in [-0.3, -0.25) is 9.59 Å². The van der Waals surface area contributed by atoms with E-state index in [1.807, 2.05) is 72.8 Å². The molecule has 8 nitrogen and oxygen atoms in total. The number of nitrogens with one attached hydrogen (secondary N) is 1. The van der Waals surface area contributed by atoms with Gasteiger partial charge in [0.25, 0.3) is 0 Å². The molecule has 49 heavy (non-hydrogen) atoms. The summed E-state index contributed by atoms with van der Waals surface area (Å²) in [5.41, 5.74) is 5.92. The number of amides is 1. The third-order valence-electron chi connectivity index (χ3n) is 8.64. The minimum Gasteiger partial charge on any atom is -0.496 e. The van der Waals surface area contributed by atoms with E-state index in [0.717, 1.165) is 69.0 Å². The number of aliphatic hydroxyl groups excluding tert-OH is 1. The lowest BCUT2D eigenvalue weighted by Gasteiger charge is -2.36. The number of thioether (sulfide) groups is 1. The van der Waals surface area contributed by atoms with Gasteiger partial charge in [0, 0.05) is 42.0 Å². The summed E-state index contributed by atoms with van der Waals surface area (Å²) < 4.78 is 18.7. The highest BCUT2D eigenvalue weighted by atomic mass is 32.2. The number of para-hydroxylation sites is 1. The number of aliphatic hydroxyl groups is 1. The normalized spacial score (nSPS) is 17.4. The number of hydrogen-bond acceptors (Lipinski definition) is 7. The first-order valence-corrected chi connectivity index (χ1v) is 17.8. The number of carboxylic acid groups (broad SMARTS) is 1. The van der Waals surface area contributed by atoms with Crippen LogP contribution in [0.3, 0.4) is 0 Å². The number of unbranched alkanes of at least 4 members (excludes halogenated alkanes) is 3. The van der Waals surface area contributed by atoms with Gasteiger partial charge >= 0.3 is 5.97 Å². The smallest absolute Gasteiger partial charge is 0.303 e. The van der Waals surface area contributed by atoms with Crippen LogP contribution < -0.4 is 10.1 Å². The van der Waals surface area contributed by atoms with Gasteiger partial charge in [0.2, 0.25) is 5.91 Å². The molecule has 258 valence electrons. The molecule has 1 fully saturated rings. The van der Waals surface area contributed by atoms with Gasteiger partial charge in [0.15, 0.2) is 6.29 Å². The number of carbonyl (C=O) groups excluding carboxylic acids is 1. The number of rotatable bonds is 17. The zero-order valence-corrected chi connectivity index (χ0v) is 28.7. The van der Waals surface area contributed by atoms with E-state index in [0.29, 0.717) is 25.8 Å². The van der Waals surface area contributed by atoms with Gasteiger partial charge in [0.05, 0.1) is 25.9 Å². The van der Waals surface area contributed by atoms with Crippen LogP contribution >= 0.6 is 11.8 Å². The third kappa shape index (κ3) is 10.7. The van der Waals surface area contributed by atoms with Crippen molar-refractivity contribution >= 4 is 23.6 Å². The van der Waals surface area contributed by atoms with E-state index in [2.05, 4.69) is 29.6 Å². The van der Waals surface area contributed by atoms with Crippen LogP contribution in [0, 0.1) is 0 Å². The fourth-order valence-corrected chi connectivity index (χ4v) is 6.97. The van der Waals surface area contributed by atoms with Crippen molar-refractivity contribution in [1.82, 2.24) is 5.32 Å². The van der Waals surface area contributed by atoms with Crippen LogP contribution in [0.15, 0.2) is 102 Å². The fraction of sp³-hybridized carbons (Fsp3) is 0.350. The second-order valence-electron chi connectivity index (χ2n) is 12.2. The maximum Gasteiger partial charge on any atom is 0.303 e. The number of carboxylic acids is 1. The Bertz CT molecular complexity index is 1640. The van der Waals surface area contributed by atoms with Crippen LogP contribution in [-0.4, -0.2) is 41.1 Å². The molecule has 3 atom stereocenters. The number of aliphatic carboxylic acids is 1. The summed E-state index contributed by atoms with van der Waals surface area (Å²) in [6, 6.07) is 32.2. The summed E-state index contributed by atoms with van der Waals surface area (Å²) in [5, 5.41) is 21.4. The predicted molar refractivity (Wildman–Crippen MR) is 191 cm³/mol. The SMILES string of the molecule is COc1ccccc1SC[C@@H]1C[C@H](c2ccc(CO)cc2)O[C@H](c2ccc(-c3ccccc3CNC(=O)CCCCCCC(=O)O)cc2)O1. The number of ether oxygens (including phenoxy) is 3. The van der Waals surface area contributed by atoms with Crippen LogP contribution in [0.5, 0.6) is 5.75 Å². The highest BCUT2D eigenvalue weighted by Crippen LogP contribution is 2.41. The summed E-state index contributed by atoms with van der Waals surface area (Å²) in [5.74, 6) is 0.787. The predicted octanol–water partition coefficient (Wildman–Crippen LogP) is 8.23. The Morgan fingerprint density at radius 2 is 1.53 bits per heavy atom. The third-order valence-corrected chi connectivity index (χ3v) is 9.83. The molecule has 0 unspecified atom stereocenters. The molecule has 4 aromatic rings. The minimum atomic E-state index is -0.777.